The van der Waals surface area contributed by atoms with E-state index < -0.39 is 363 Å². The number of rotatable bonds is 24. The zero-order valence-corrected chi connectivity index (χ0v) is 55.8. The highest BCUT2D eigenvalue weighted by Crippen LogP contribution is 2.36. The van der Waals surface area contributed by atoms with Crippen molar-refractivity contribution in [2.45, 2.75) is 104 Å². The number of hydrogen-bond acceptors (Lipinski definition) is 10. The van der Waals surface area contributed by atoms with Gasteiger partial charge in [-0.3, -0.25) is 19.2 Å². The second kappa shape index (κ2) is 34.9. The first-order valence-electron chi connectivity index (χ1n) is 50.7. The van der Waals surface area contributed by atoms with E-state index >= 15 is 22.8 Å². The molecule has 2 amide bonds. The quantitative estimate of drug-likeness (QED) is 0.0428. The van der Waals surface area contributed by atoms with E-state index in [1.54, 1.807) is 0 Å². The van der Waals surface area contributed by atoms with Crippen LogP contribution >= 0.6 is 23.5 Å². The molecule has 0 unspecified atom stereocenters. The highest BCUT2D eigenvalue weighted by atomic mass is 32.2. The number of carbonyl (C=O) groups excluding carboxylic acids is 2. The van der Waals surface area contributed by atoms with Gasteiger partial charge >= 0.3 is 12.4 Å². The fourth-order valence-corrected chi connectivity index (χ4v) is 11.2. The van der Waals surface area contributed by atoms with Crippen LogP contribution in [0.5, 0.6) is 0 Å². The summed E-state index contributed by atoms with van der Waals surface area (Å²) in [5.41, 5.74) is -19.3. The Hall–Kier alpha value is -9.04. The smallest absolute Gasteiger partial charge is 0.383 e. The normalized spacial score (nSPS) is 24.8. The summed E-state index contributed by atoms with van der Waals surface area (Å²) in [7, 11) is 1.80. The molecule has 0 aliphatic carbocycles. The van der Waals surface area contributed by atoms with Gasteiger partial charge in [-0.1, -0.05) is 115 Å². The molecule has 12 nitrogen and oxygen atoms in total. The third-order valence-electron chi connectivity index (χ3n) is 14.9. The molecule has 10 aromatic rings. The molecule has 0 spiro atoms. The lowest BCUT2D eigenvalue weighted by molar-refractivity contribution is -0.138. The Morgan fingerprint density at radius 3 is 1.71 bits per heavy atom. The van der Waals surface area contributed by atoms with E-state index in [4.69, 9.17) is 52.0 Å². The number of thioether (sulfide) groups is 2. The first-order chi connectivity index (χ1) is 66.4. The summed E-state index contributed by atoms with van der Waals surface area (Å²) in [5.74, 6) is -11.0. The summed E-state index contributed by atoms with van der Waals surface area (Å²) in [4.78, 5) is 57.2. The van der Waals surface area contributed by atoms with Crippen LogP contribution in [0.3, 0.4) is 0 Å². The fraction of sp³-hybridized carbons (Fsp3) is 0.309. The number of benzene rings is 8. The molecule has 0 N–H and O–H groups in total. The highest BCUT2D eigenvalue weighted by molar-refractivity contribution is 7.98. The third-order valence-corrected chi connectivity index (χ3v) is 16.6. The fourth-order valence-electron chi connectivity index (χ4n) is 9.66. The molecule has 2 fully saturated rings. The van der Waals surface area contributed by atoms with Crippen LogP contribution in [0.15, 0.2) is 207 Å². The average molecular weight is 1530 g/mol. The molecule has 550 valence electrons. The van der Waals surface area contributed by atoms with Crippen molar-refractivity contribution in [2.24, 2.45) is 0 Å². The molecule has 0 bridgehead atoms. The Morgan fingerprint density at radius 1 is 0.543 bits per heavy atom. The molecular weight excluding hydrogens is 1410 g/mol. The van der Waals surface area contributed by atoms with Crippen LogP contribution in [-0.2, 0) is 69.0 Å². The molecule has 2 aliphatic heterocycles. The number of fused-ring (bicyclic) bond motifs is 2. The van der Waals surface area contributed by atoms with Crippen molar-refractivity contribution < 1.29 is 119 Å². The summed E-state index contributed by atoms with van der Waals surface area (Å²) >= 11 is -0.430. The van der Waals surface area contributed by atoms with Crippen LogP contribution in [0.1, 0.15) is 121 Å². The van der Waals surface area contributed by atoms with Gasteiger partial charge in [-0.15, -0.1) is 23.5 Å². The zero-order chi connectivity index (χ0) is 111. The van der Waals surface area contributed by atoms with Gasteiger partial charge in [0.1, 0.15) is 13.1 Å². The first-order valence-corrected chi connectivity index (χ1v) is 31.9. The minimum absolute atomic E-state index is 0.0252. The lowest BCUT2D eigenvalue weighted by Gasteiger charge is -2.39. The van der Waals surface area contributed by atoms with Crippen molar-refractivity contribution in [3.63, 3.8) is 0 Å². The second-order valence-electron chi connectivity index (χ2n) is 21.7. The number of piperidine rings is 2. The molecule has 2 saturated heterocycles. The van der Waals surface area contributed by atoms with E-state index in [-0.39, 0.29) is 42.6 Å². The van der Waals surface area contributed by atoms with Crippen molar-refractivity contribution in [3.05, 3.63) is 270 Å². The van der Waals surface area contributed by atoms with Gasteiger partial charge in [-0.25, -0.2) is 17.6 Å². The largest absolute Gasteiger partial charge is 0.416 e. The van der Waals surface area contributed by atoms with Gasteiger partial charge in [0.2, 0.25) is 11.8 Å². The molecule has 24 heteroatoms. The number of nitrogens with zero attached hydrogens (tertiary/aromatic N) is 6. The summed E-state index contributed by atoms with van der Waals surface area (Å²) < 4.78 is 514. The third kappa shape index (κ3) is 19.3. The Kier molecular flexibility index (Phi) is 13.3. The predicted octanol–water partition coefficient (Wildman–Crippen LogP) is 17.1. The number of ether oxygens (including phenoxy) is 2. The summed E-state index contributed by atoms with van der Waals surface area (Å²) in [6.45, 7) is -31.2. The van der Waals surface area contributed by atoms with Gasteiger partial charge in [-0.05, 0) is 132 Å². The lowest BCUT2D eigenvalue weighted by atomic mass is 9.97. The number of likely N-dealkylation sites (tertiary alicyclic amines) is 2. The molecule has 2 aromatic heterocycles. The topological polar surface area (TPSA) is 110 Å². The van der Waals surface area contributed by atoms with Crippen molar-refractivity contribution in [1.29, 1.82) is 0 Å². The maximum absolute atomic E-state index is 15.7. The van der Waals surface area contributed by atoms with Gasteiger partial charge in [0.05, 0.1) is 68.7 Å². The van der Waals surface area contributed by atoms with Gasteiger partial charge in [0, 0.05) is 157 Å². The molecule has 0 radical (unpaired) electrons. The minimum atomic E-state index is -5.50. The van der Waals surface area contributed by atoms with E-state index in [9.17, 15) is 54.0 Å². The number of amides is 2. The Labute approximate surface area is 667 Å². The zero-order valence-electron chi connectivity index (χ0n) is 95.2. The molecule has 105 heavy (non-hydrogen) atoms. The van der Waals surface area contributed by atoms with Crippen LogP contribution in [0.25, 0.3) is 44.1 Å². The average Bonchev–Trinajstić information content (AvgIpc) is 0.661. The van der Waals surface area contributed by atoms with Crippen LogP contribution in [-0.4, -0.2) is 119 Å². The van der Waals surface area contributed by atoms with Gasteiger partial charge in [-0.2, -0.15) is 26.3 Å². The van der Waals surface area contributed by atoms with E-state index in [0.29, 0.717) is 11.1 Å². The molecular formula is C81H78F10N6O6S2. The monoisotopic (exact) mass is 1530 g/mol. The van der Waals surface area contributed by atoms with Crippen molar-refractivity contribution in [1.82, 2.24) is 28.7 Å². The Balaban J connectivity index is 0.000000284. The summed E-state index contributed by atoms with van der Waals surface area (Å²) in [6, 6.07) is -11.5. The van der Waals surface area contributed by atoms with Crippen LogP contribution in [0.4, 0.5) is 43.9 Å². The molecule has 0 atom stereocenters. The molecule has 2 aliphatic rings. The second-order valence-corrected chi connectivity index (χ2v) is 23.4. The molecule has 0 saturated carbocycles. The van der Waals surface area contributed by atoms with E-state index in [1.165, 1.54) is 60.7 Å². The van der Waals surface area contributed by atoms with E-state index in [1.807, 2.05) is 0 Å². The number of pyridine rings is 2. The summed E-state index contributed by atoms with van der Waals surface area (Å²) in [6.07, 6.45) is -27.4. The van der Waals surface area contributed by atoms with Crippen LogP contribution < -0.4 is 10.9 Å². The number of methoxy groups -OCH3 is 2. The number of hydrogen-bond donors (Lipinski definition) is 0. The van der Waals surface area contributed by atoms with Gasteiger partial charge in [0.15, 0.2) is 34.1 Å². The van der Waals surface area contributed by atoms with E-state index in [2.05, 4.69) is 0 Å². The summed E-state index contributed by atoms with van der Waals surface area (Å²) in [5, 5.41) is -3.05. The number of halogens is 10. The van der Waals surface area contributed by atoms with Crippen molar-refractivity contribution in [3.8, 4) is 22.3 Å². The van der Waals surface area contributed by atoms with Crippen molar-refractivity contribution in [2.75, 3.05) is 66.4 Å². The first kappa shape index (κ1) is 40.1. The molecule has 8 aromatic carbocycles. The molecule has 4 heterocycles. The lowest BCUT2D eigenvalue weighted by Crippen LogP contribution is -2.48. The van der Waals surface area contributed by atoms with E-state index in [0.717, 1.165) is 62.1 Å². The minimum Gasteiger partial charge on any atom is -0.383 e. The number of para-hydroxylation sites is 2. The van der Waals surface area contributed by atoms with Crippen LogP contribution in [0, 0.1) is 30.2 Å². The highest BCUT2D eigenvalue weighted by Gasteiger charge is 2.34. The van der Waals surface area contributed by atoms with Gasteiger partial charge < -0.3 is 38.2 Å². The standard InChI is InChI=1S/C41H40F5N3O3S.C40H38F5N3O3S/c1-27-22-29(28-12-14-32(15-13-28)41(44,45)46)10-11-30(27)24-48(33-16-18-47(19-17-33)20-21-52-2)38(51)25-49-36-9-4-3-7-34(36)37(50)23-39(49)53-26-31-6-5-8-35(42)40(31)43;1-51-22-21-46-19-17-32(18-20-46)47(24-27-9-11-28(12-10-27)29-13-15-31(16-14-29)40(43,44)45)37(50)25-48-35-8-3-2-6-33(35)36(49)23-38(48)52-26-30-5-4-7-34(41)39(30)42/h3-15,22-23,33H,16-21,24-26H2,1-2H3;2-16,23,32H,17-22,24-26H2,1H3/i3D,4D,5D,6D,7D,8D,9D,10D,11D,12D,13D,14D,15D,16D2,17D2,18D2,19D2,20D2,22D,23D,26D2,33D;17D2,18D2,19D2,20D2,21D2,26D2,32D. The number of alkyl halides is 6. The number of carbonyl (C=O) groups is 2. The Bertz CT molecular complexity index is 6930. The molecule has 12 rings (SSSR count). The number of aromatic nitrogens is 2. The van der Waals surface area contributed by atoms with Crippen LogP contribution in [0.2, 0.25) is 0 Å². The predicted molar refractivity (Wildman–Crippen MR) is 391 cm³/mol. The Morgan fingerprint density at radius 2 is 1.10 bits per heavy atom. The van der Waals surface area contributed by atoms with Crippen molar-refractivity contribution >= 4 is 57.1 Å². The SMILES string of the molecule is [2H]C([2H])(Sc1cc(=O)c2ccccc2n1CC(=O)N(Cc1ccc(-c2ccc(C(F)(F)F)cc2)cc1)C1([2H])C([2H])([2H])C([2H])([2H])N(C([2H])([2H])COC)C([2H])([2H])C1([2H])[2H])c1cccc(F)c1F.[2H]c1c([2H])c(F)c(F)c(C([2H])([2H])Sc2c([2H])c(=O)c3c([2H])c([2H])c([2H])c([2H])c3n2CC(=O)N(Cc2c([2H])c([2H])c(-c3c([2H])c([2H])c(C(F)(F)F)c([2H])c3[2H])c([2H])c2C)C2([2H])C([2H])([2H])C([2H])([2H])N(C([2H])([2H])COC)C([2H])([2H])C2([2H])[2H])c1[2H]. The maximum atomic E-state index is 15.7. The van der Waals surface area contributed by atoms with Gasteiger partial charge in [0.25, 0.3) is 0 Å². The maximum Gasteiger partial charge on any atom is 0.416 e.